The lowest BCUT2D eigenvalue weighted by Gasteiger charge is -2.48. The van der Waals surface area contributed by atoms with Crippen LogP contribution in [0, 0.1) is 12.8 Å². The molecule has 4 saturated heterocycles. The Morgan fingerprint density at radius 1 is 1.00 bits per heavy atom. The van der Waals surface area contributed by atoms with E-state index in [1.54, 1.807) is 0 Å². The van der Waals surface area contributed by atoms with Gasteiger partial charge in [-0.25, -0.2) is 9.90 Å². The Morgan fingerprint density at radius 3 is 2.41 bits per heavy atom. The lowest BCUT2D eigenvalue weighted by Crippen LogP contribution is -2.57. The lowest BCUT2D eigenvalue weighted by molar-refractivity contribution is -0.240. The van der Waals surface area contributed by atoms with E-state index < -0.39 is 0 Å². The van der Waals surface area contributed by atoms with E-state index >= 15 is 0 Å². The van der Waals surface area contributed by atoms with Crippen LogP contribution in [0.1, 0.15) is 18.4 Å². The fourth-order valence-electron chi connectivity index (χ4n) is 4.65. The van der Waals surface area contributed by atoms with Crippen LogP contribution in [0.2, 0.25) is 0 Å². The number of rotatable bonds is 4. The van der Waals surface area contributed by atoms with Crippen molar-refractivity contribution in [1.82, 2.24) is 14.9 Å². The highest BCUT2D eigenvalue weighted by Gasteiger charge is 2.43. The molecular formula is C21H29N3O3. The summed E-state index contributed by atoms with van der Waals surface area (Å²) in [4.78, 5) is 11.4. The van der Waals surface area contributed by atoms with Crippen molar-refractivity contribution in [2.24, 2.45) is 5.92 Å². The molecule has 2 bridgehead atoms. The van der Waals surface area contributed by atoms with E-state index in [1.807, 2.05) is 12.1 Å². The smallest absolute Gasteiger partial charge is 0.220 e. The van der Waals surface area contributed by atoms with Crippen LogP contribution < -0.4 is 4.74 Å². The fraction of sp³-hybridized carbons (Fsp3) is 0.619. The summed E-state index contributed by atoms with van der Waals surface area (Å²) in [6.07, 6.45) is 4.59. The number of nitrogens with zero attached hydrogens (tertiary/aromatic N) is 3. The third-order valence-electron chi connectivity index (χ3n) is 6.30. The predicted molar refractivity (Wildman–Crippen MR) is 102 cm³/mol. The summed E-state index contributed by atoms with van der Waals surface area (Å²) in [5.41, 5.74) is 1.24. The Balaban J connectivity index is 1.38. The zero-order valence-electron chi connectivity index (χ0n) is 16.0. The van der Waals surface area contributed by atoms with Crippen molar-refractivity contribution in [3.05, 3.63) is 41.8 Å². The number of hydroxylamine groups is 2. The van der Waals surface area contributed by atoms with Crippen molar-refractivity contribution in [3.8, 4) is 5.75 Å². The second-order valence-electron chi connectivity index (χ2n) is 8.10. The topological polar surface area (TPSA) is 37.4 Å². The molecule has 27 heavy (non-hydrogen) atoms. The summed E-state index contributed by atoms with van der Waals surface area (Å²) in [5, 5.41) is 2.08. The predicted octanol–water partition coefficient (Wildman–Crippen LogP) is 2.21. The van der Waals surface area contributed by atoms with Gasteiger partial charge >= 0.3 is 0 Å². The molecule has 5 aliphatic heterocycles. The van der Waals surface area contributed by atoms with Crippen molar-refractivity contribution < 1.29 is 14.3 Å². The molecule has 1 aromatic rings. The number of hydrogen-bond acceptors (Lipinski definition) is 6. The van der Waals surface area contributed by atoms with E-state index in [0.29, 0.717) is 12.0 Å². The summed E-state index contributed by atoms with van der Waals surface area (Å²) < 4.78 is 11.8. The maximum atomic E-state index is 6.46. The van der Waals surface area contributed by atoms with Crippen LogP contribution in [0.4, 0.5) is 0 Å². The third kappa shape index (κ3) is 3.59. The van der Waals surface area contributed by atoms with Gasteiger partial charge in [0.1, 0.15) is 5.75 Å². The molecule has 6 nitrogen and oxygen atoms in total. The Hall–Kier alpha value is -1.60. The van der Waals surface area contributed by atoms with Crippen molar-refractivity contribution in [2.45, 2.75) is 32.0 Å². The monoisotopic (exact) mass is 371 g/mol. The van der Waals surface area contributed by atoms with Gasteiger partial charge < -0.3 is 14.4 Å². The van der Waals surface area contributed by atoms with Crippen molar-refractivity contribution >= 4 is 0 Å². The number of piperidine rings is 3. The highest BCUT2D eigenvalue weighted by molar-refractivity contribution is 5.28. The highest BCUT2D eigenvalue weighted by atomic mass is 16.7. The quantitative estimate of drug-likeness (QED) is 0.808. The van der Waals surface area contributed by atoms with Crippen molar-refractivity contribution in [2.75, 3.05) is 45.9 Å². The number of aryl methyl sites for hydroxylation is 1. The Bertz CT molecular complexity index is 678. The van der Waals surface area contributed by atoms with Crippen molar-refractivity contribution in [1.29, 1.82) is 0 Å². The summed E-state index contributed by atoms with van der Waals surface area (Å²) in [6.45, 7) is 8.92. The second-order valence-corrected chi connectivity index (χ2v) is 8.10. The molecule has 0 N–H and O–H groups in total. The minimum Gasteiger partial charge on any atom is -0.439 e. The van der Waals surface area contributed by atoms with Gasteiger partial charge in [0.2, 0.25) is 5.88 Å². The molecule has 6 rings (SSSR count). The van der Waals surface area contributed by atoms with Crippen LogP contribution in [-0.4, -0.2) is 73.1 Å². The zero-order chi connectivity index (χ0) is 18.2. The number of fused-ring (bicyclic) bond motifs is 3. The molecule has 1 aromatic carbocycles. The maximum absolute atomic E-state index is 6.46. The first kappa shape index (κ1) is 17.5. The van der Waals surface area contributed by atoms with Crippen molar-refractivity contribution in [3.63, 3.8) is 0 Å². The van der Waals surface area contributed by atoms with Crippen LogP contribution >= 0.6 is 0 Å². The molecule has 4 fully saturated rings. The minimum absolute atomic E-state index is 0.0650. The van der Waals surface area contributed by atoms with Gasteiger partial charge in [-0.1, -0.05) is 17.7 Å². The van der Waals surface area contributed by atoms with Gasteiger partial charge in [-0.3, -0.25) is 4.90 Å². The first-order valence-electron chi connectivity index (χ1n) is 10.2. The normalized spacial score (nSPS) is 34.0. The standard InChI is InChI=1S/C21H29N3O3/c1-16-2-4-18(5-3-16)26-21-14-20(23-10-12-25-13-11-23)27-24(21)19-15-22-8-6-17(19)7-9-22/h2-5,14,17,19-20H,6-13,15H2,1H3/t19-,20?/m0/s1. The number of benzene rings is 1. The first-order valence-corrected chi connectivity index (χ1v) is 10.2. The van der Waals surface area contributed by atoms with Gasteiger partial charge in [0.05, 0.1) is 19.3 Å². The Kier molecular flexibility index (Phi) is 4.82. The molecular weight excluding hydrogens is 342 g/mol. The maximum Gasteiger partial charge on any atom is 0.220 e. The summed E-state index contributed by atoms with van der Waals surface area (Å²) in [5.74, 6) is 2.39. The molecule has 0 spiro atoms. The molecule has 0 aromatic heterocycles. The third-order valence-corrected chi connectivity index (χ3v) is 6.30. The average Bonchev–Trinajstić information content (AvgIpc) is 3.15. The molecule has 2 atom stereocenters. The fourth-order valence-corrected chi connectivity index (χ4v) is 4.65. The van der Waals surface area contributed by atoms with E-state index in [4.69, 9.17) is 14.3 Å². The van der Waals surface area contributed by atoms with Crippen LogP contribution in [0.5, 0.6) is 5.75 Å². The summed E-state index contributed by atoms with van der Waals surface area (Å²) >= 11 is 0. The SMILES string of the molecule is Cc1ccc(OC2=CC(N3CCOCC3)ON2[C@H]2CN3CCC2CC3)cc1. The molecule has 5 heterocycles. The molecule has 0 radical (unpaired) electrons. The van der Waals surface area contributed by atoms with E-state index in [0.717, 1.165) is 44.5 Å². The largest absolute Gasteiger partial charge is 0.439 e. The molecule has 146 valence electrons. The van der Waals surface area contributed by atoms with Gasteiger partial charge in [-0.15, -0.1) is 0 Å². The van der Waals surface area contributed by atoms with Crippen LogP contribution in [0.15, 0.2) is 36.2 Å². The Labute approximate surface area is 161 Å². The molecule has 1 unspecified atom stereocenters. The van der Waals surface area contributed by atoms with Crippen LogP contribution in [0.25, 0.3) is 0 Å². The first-order chi connectivity index (χ1) is 13.3. The van der Waals surface area contributed by atoms with Crippen LogP contribution in [0.3, 0.4) is 0 Å². The molecule has 0 aliphatic carbocycles. The van der Waals surface area contributed by atoms with Gasteiger partial charge in [0.15, 0.2) is 6.23 Å². The average molecular weight is 371 g/mol. The summed E-state index contributed by atoms with van der Waals surface area (Å²) in [7, 11) is 0. The van der Waals surface area contributed by atoms with Gasteiger partial charge in [-0.05, 0) is 50.9 Å². The molecule has 0 saturated carbocycles. The van der Waals surface area contributed by atoms with Gasteiger partial charge in [-0.2, -0.15) is 0 Å². The second kappa shape index (κ2) is 7.43. The summed E-state index contributed by atoms with van der Waals surface area (Å²) in [6, 6.07) is 8.61. The zero-order valence-corrected chi connectivity index (χ0v) is 16.0. The molecule has 0 amide bonds. The van der Waals surface area contributed by atoms with Crippen LogP contribution in [-0.2, 0) is 9.57 Å². The number of hydrogen-bond donors (Lipinski definition) is 0. The molecule has 6 heteroatoms. The number of morpholine rings is 1. The van der Waals surface area contributed by atoms with Gasteiger partial charge in [0.25, 0.3) is 0 Å². The number of ether oxygens (including phenoxy) is 2. The van der Waals surface area contributed by atoms with E-state index in [9.17, 15) is 0 Å². The van der Waals surface area contributed by atoms with E-state index in [2.05, 4.69) is 40.0 Å². The minimum atomic E-state index is -0.0650. The highest BCUT2D eigenvalue weighted by Crippen LogP contribution is 2.36. The van der Waals surface area contributed by atoms with Gasteiger partial charge in [0, 0.05) is 25.7 Å². The van der Waals surface area contributed by atoms with E-state index in [-0.39, 0.29) is 6.23 Å². The lowest BCUT2D eigenvalue weighted by atomic mass is 9.84. The van der Waals surface area contributed by atoms with E-state index in [1.165, 1.54) is 31.5 Å². The Morgan fingerprint density at radius 2 is 1.74 bits per heavy atom. The molecule has 5 aliphatic rings.